The molecule has 2 rings (SSSR count). The molecule has 3 N–H and O–H groups in total. The molecule has 2 amide bonds. The molecule has 1 atom stereocenters. The second-order valence-corrected chi connectivity index (χ2v) is 6.69. The third kappa shape index (κ3) is 4.28. The lowest BCUT2D eigenvalue weighted by atomic mass is 10.0. The zero-order valence-electron chi connectivity index (χ0n) is 12.4. The quantitative estimate of drug-likeness (QED) is 0.866. The van der Waals surface area contributed by atoms with E-state index >= 15 is 0 Å². The summed E-state index contributed by atoms with van der Waals surface area (Å²) < 4.78 is 0. The van der Waals surface area contributed by atoms with Crippen LogP contribution in [0.25, 0.3) is 0 Å². The number of nitrogens with zero attached hydrogens (tertiary/aromatic N) is 1. The SMILES string of the molecule is Cc1ccc(C(=O)N2CCCCC2CNC(=O)CCN)s1. The molecule has 6 heteroatoms. The lowest BCUT2D eigenvalue weighted by Gasteiger charge is -2.35. The van der Waals surface area contributed by atoms with Crippen molar-refractivity contribution in [3.63, 3.8) is 0 Å². The highest BCUT2D eigenvalue weighted by Gasteiger charge is 2.28. The van der Waals surface area contributed by atoms with Crippen molar-refractivity contribution in [3.8, 4) is 0 Å². The van der Waals surface area contributed by atoms with Crippen molar-refractivity contribution in [3.05, 3.63) is 21.9 Å². The van der Waals surface area contributed by atoms with E-state index in [9.17, 15) is 9.59 Å². The summed E-state index contributed by atoms with van der Waals surface area (Å²) in [6.45, 7) is 3.65. The van der Waals surface area contributed by atoms with E-state index in [-0.39, 0.29) is 17.9 Å². The van der Waals surface area contributed by atoms with Crippen LogP contribution >= 0.6 is 11.3 Å². The Kier molecular flexibility index (Phi) is 5.76. The van der Waals surface area contributed by atoms with Gasteiger partial charge in [-0.1, -0.05) is 0 Å². The molecular weight excluding hydrogens is 286 g/mol. The zero-order chi connectivity index (χ0) is 15.2. The maximum atomic E-state index is 12.6. The number of nitrogens with one attached hydrogen (secondary N) is 1. The van der Waals surface area contributed by atoms with Crippen molar-refractivity contribution in [1.29, 1.82) is 0 Å². The Morgan fingerprint density at radius 2 is 2.24 bits per heavy atom. The standard InChI is InChI=1S/C15H23N3O2S/c1-11-5-6-13(21-11)15(20)18-9-3-2-4-12(18)10-17-14(19)7-8-16/h5-6,12H,2-4,7-10,16H2,1H3,(H,17,19). The van der Waals surface area contributed by atoms with Gasteiger partial charge >= 0.3 is 0 Å². The van der Waals surface area contributed by atoms with Crippen molar-refractivity contribution in [2.75, 3.05) is 19.6 Å². The molecule has 1 aliphatic heterocycles. The molecule has 0 aromatic carbocycles. The minimum Gasteiger partial charge on any atom is -0.354 e. The highest BCUT2D eigenvalue weighted by atomic mass is 32.1. The maximum Gasteiger partial charge on any atom is 0.264 e. The number of hydrogen-bond acceptors (Lipinski definition) is 4. The number of thiophene rings is 1. The summed E-state index contributed by atoms with van der Waals surface area (Å²) >= 11 is 1.53. The van der Waals surface area contributed by atoms with Gasteiger partial charge in [0.05, 0.1) is 4.88 Å². The molecule has 5 nitrogen and oxygen atoms in total. The molecule has 0 spiro atoms. The topological polar surface area (TPSA) is 75.4 Å². The van der Waals surface area contributed by atoms with E-state index in [2.05, 4.69) is 5.32 Å². The minimum absolute atomic E-state index is 0.0394. The highest BCUT2D eigenvalue weighted by Crippen LogP contribution is 2.23. The predicted octanol–water partition coefficient (Wildman–Crippen LogP) is 1.52. The molecule has 0 bridgehead atoms. The molecule has 0 aliphatic carbocycles. The van der Waals surface area contributed by atoms with Crippen LogP contribution in [0.4, 0.5) is 0 Å². The van der Waals surface area contributed by atoms with Crippen molar-refractivity contribution >= 4 is 23.2 Å². The molecule has 1 unspecified atom stereocenters. The summed E-state index contributed by atoms with van der Waals surface area (Å²) in [7, 11) is 0. The van der Waals surface area contributed by atoms with Crippen LogP contribution in [0.2, 0.25) is 0 Å². The van der Waals surface area contributed by atoms with Crippen LogP contribution in [-0.4, -0.2) is 42.4 Å². The lowest BCUT2D eigenvalue weighted by Crippen LogP contribution is -2.49. The number of aryl methyl sites for hydroxylation is 1. The summed E-state index contributed by atoms with van der Waals surface area (Å²) in [5.41, 5.74) is 5.37. The van der Waals surface area contributed by atoms with Gasteiger partial charge in [-0.15, -0.1) is 11.3 Å². The van der Waals surface area contributed by atoms with Gasteiger partial charge in [-0.25, -0.2) is 0 Å². The third-order valence-electron chi connectivity index (χ3n) is 3.75. The van der Waals surface area contributed by atoms with Crippen LogP contribution in [0, 0.1) is 6.92 Å². The molecule has 1 aromatic rings. The normalized spacial score (nSPS) is 18.6. The zero-order valence-corrected chi connectivity index (χ0v) is 13.2. The van der Waals surface area contributed by atoms with Gasteiger partial charge in [-0.2, -0.15) is 0 Å². The van der Waals surface area contributed by atoms with Crippen LogP contribution in [-0.2, 0) is 4.79 Å². The highest BCUT2D eigenvalue weighted by molar-refractivity contribution is 7.13. The van der Waals surface area contributed by atoms with E-state index in [0.29, 0.717) is 19.5 Å². The Hall–Kier alpha value is -1.40. The lowest BCUT2D eigenvalue weighted by molar-refractivity contribution is -0.121. The number of rotatable bonds is 5. The van der Waals surface area contributed by atoms with Gasteiger partial charge in [0.2, 0.25) is 5.91 Å². The van der Waals surface area contributed by atoms with Crippen molar-refractivity contribution in [1.82, 2.24) is 10.2 Å². The molecule has 1 saturated heterocycles. The van der Waals surface area contributed by atoms with E-state index in [0.717, 1.165) is 35.6 Å². The fourth-order valence-corrected chi connectivity index (χ4v) is 3.45. The first-order valence-electron chi connectivity index (χ1n) is 7.46. The van der Waals surface area contributed by atoms with Gasteiger partial charge in [0.1, 0.15) is 0 Å². The van der Waals surface area contributed by atoms with Gasteiger partial charge in [-0.3, -0.25) is 9.59 Å². The van der Waals surface area contributed by atoms with E-state index in [1.807, 2.05) is 24.0 Å². The summed E-state index contributed by atoms with van der Waals surface area (Å²) in [5, 5.41) is 2.89. The van der Waals surface area contributed by atoms with Crippen LogP contribution in [0.1, 0.15) is 40.2 Å². The van der Waals surface area contributed by atoms with Crippen molar-refractivity contribution in [2.45, 2.75) is 38.6 Å². The smallest absolute Gasteiger partial charge is 0.264 e. The number of piperidine rings is 1. The summed E-state index contributed by atoms with van der Waals surface area (Å²) in [6.07, 6.45) is 3.41. The van der Waals surface area contributed by atoms with Crippen molar-refractivity contribution in [2.24, 2.45) is 5.73 Å². The van der Waals surface area contributed by atoms with Crippen molar-refractivity contribution < 1.29 is 9.59 Å². The largest absolute Gasteiger partial charge is 0.354 e. The molecule has 2 heterocycles. The number of carbonyl (C=O) groups is 2. The second kappa shape index (κ2) is 7.56. The van der Waals surface area contributed by atoms with Gasteiger partial charge in [-0.05, 0) is 38.3 Å². The molecule has 1 fully saturated rings. The van der Waals surface area contributed by atoms with E-state index < -0.39 is 0 Å². The predicted molar refractivity (Wildman–Crippen MR) is 84.4 cm³/mol. The van der Waals surface area contributed by atoms with Gasteiger partial charge in [0.25, 0.3) is 5.91 Å². The average Bonchev–Trinajstić information content (AvgIpc) is 2.91. The van der Waals surface area contributed by atoms with Crippen LogP contribution < -0.4 is 11.1 Å². The molecule has 21 heavy (non-hydrogen) atoms. The maximum absolute atomic E-state index is 12.6. The Morgan fingerprint density at radius 1 is 1.43 bits per heavy atom. The molecular formula is C15H23N3O2S. The van der Waals surface area contributed by atoms with Crippen LogP contribution in [0.15, 0.2) is 12.1 Å². The summed E-state index contributed by atoms with van der Waals surface area (Å²) in [6, 6.07) is 3.95. The molecule has 0 saturated carbocycles. The monoisotopic (exact) mass is 309 g/mol. The summed E-state index contributed by atoms with van der Waals surface area (Å²) in [4.78, 5) is 28.0. The molecule has 0 radical (unpaired) electrons. The second-order valence-electron chi connectivity index (χ2n) is 5.40. The number of likely N-dealkylation sites (tertiary alicyclic amines) is 1. The minimum atomic E-state index is -0.0394. The fraction of sp³-hybridized carbons (Fsp3) is 0.600. The van der Waals surface area contributed by atoms with Gasteiger partial charge in [0, 0.05) is 37.0 Å². The Morgan fingerprint density at radius 3 is 2.90 bits per heavy atom. The van der Waals surface area contributed by atoms with Crippen LogP contribution in [0.5, 0.6) is 0 Å². The number of hydrogen-bond donors (Lipinski definition) is 2. The summed E-state index contributed by atoms with van der Waals surface area (Å²) in [5.74, 6) is 0.0494. The Labute approximate surface area is 129 Å². The molecule has 116 valence electrons. The van der Waals surface area contributed by atoms with Gasteiger partial charge in [0.15, 0.2) is 0 Å². The third-order valence-corrected chi connectivity index (χ3v) is 4.73. The van der Waals surface area contributed by atoms with Crippen LogP contribution in [0.3, 0.4) is 0 Å². The van der Waals surface area contributed by atoms with Gasteiger partial charge < -0.3 is 16.0 Å². The first kappa shape index (κ1) is 16.0. The Balaban J connectivity index is 1.98. The number of carbonyl (C=O) groups excluding carboxylic acids is 2. The van der Waals surface area contributed by atoms with E-state index in [4.69, 9.17) is 5.73 Å². The fourth-order valence-electron chi connectivity index (χ4n) is 2.62. The first-order chi connectivity index (χ1) is 10.1. The number of amides is 2. The van der Waals surface area contributed by atoms with E-state index in [1.54, 1.807) is 0 Å². The molecule has 1 aromatic heterocycles. The Bertz CT molecular complexity index is 501. The average molecular weight is 309 g/mol. The molecule has 1 aliphatic rings. The first-order valence-corrected chi connectivity index (χ1v) is 8.27. The van der Waals surface area contributed by atoms with E-state index in [1.165, 1.54) is 11.3 Å². The number of nitrogens with two attached hydrogens (primary N) is 1.